The van der Waals surface area contributed by atoms with Crippen LogP contribution in [0, 0.1) is 5.92 Å². The van der Waals surface area contributed by atoms with Gasteiger partial charge in [-0.25, -0.2) is 0 Å². The second-order valence-corrected chi connectivity index (χ2v) is 4.43. The van der Waals surface area contributed by atoms with Crippen LogP contribution in [0.1, 0.15) is 30.1 Å². The summed E-state index contributed by atoms with van der Waals surface area (Å²) in [5, 5.41) is 0. The zero-order valence-corrected chi connectivity index (χ0v) is 10.3. The highest BCUT2D eigenvalue weighted by Crippen LogP contribution is 2.24. The van der Waals surface area contributed by atoms with Crippen molar-refractivity contribution in [2.24, 2.45) is 5.92 Å². The number of methoxy groups -OCH3 is 1. The number of rotatable bonds is 4. The van der Waals surface area contributed by atoms with E-state index in [1.165, 1.54) is 0 Å². The van der Waals surface area contributed by atoms with E-state index in [2.05, 4.69) is 0 Å². The molecule has 0 radical (unpaired) electrons. The van der Waals surface area contributed by atoms with E-state index in [1.807, 2.05) is 31.2 Å². The first-order valence-electron chi connectivity index (χ1n) is 6.02. The first-order valence-corrected chi connectivity index (χ1v) is 6.02. The van der Waals surface area contributed by atoms with E-state index in [4.69, 9.17) is 9.47 Å². The van der Waals surface area contributed by atoms with Crippen LogP contribution in [0.3, 0.4) is 0 Å². The molecule has 0 unspecified atom stereocenters. The van der Waals surface area contributed by atoms with Crippen molar-refractivity contribution < 1.29 is 14.3 Å². The molecule has 0 amide bonds. The van der Waals surface area contributed by atoms with E-state index in [0.717, 1.165) is 30.8 Å². The van der Waals surface area contributed by atoms with Crippen molar-refractivity contribution in [2.75, 3.05) is 13.7 Å². The number of hydrogen-bond donors (Lipinski definition) is 0. The molecule has 17 heavy (non-hydrogen) atoms. The molecule has 92 valence electrons. The van der Waals surface area contributed by atoms with E-state index in [0.29, 0.717) is 0 Å². The second-order valence-electron chi connectivity index (χ2n) is 4.43. The summed E-state index contributed by atoms with van der Waals surface area (Å²) in [7, 11) is 1.62. The average Bonchev–Trinajstić information content (AvgIpc) is 2.91. The Hall–Kier alpha value is -1.35. The van der Waals surface area contributed by atoms with Crippen LogP contribution in [0.5, 0.6) is 5.75 Å². The Kier molecular flexibility index (Phi) is 3.79. The number of carbonyl (C=O) groups is 1. The van der Waals surface area contributed by atoms with Crippen LogP contribution in [0.2, 0.25) is 0 Å². The fourth-order valence-corrected chi connectivity index (χ4v) is 2.18. The summed E-state index contributed by atoms with van der Waals surface area (Å²) in [5.74, 6) is 0.858. The lowest BCUT2D eigenvalue weighted by atomic mass is 9.93. The number of benzene rings is 1. The van der Waals surface area contributed by atoms with Gasteiger partial charge in [0.15, 0.2) is 5.78 Å². The minimum absolute atomic E-state index is 0.0640. The molecule has 3 heteroatoms. The second kappa shape index (κ2) is 5.32. The molecule has 1 aromatic carbocycles. The predicted molar refractivity (Wildman–Crippen MR) is 65.5 cm³/mol. The zero-order chi connectivity index (χ0) is 12.3. The number of carbonyl (C=O) groups excluding carboxylic acids is 1. The molecular formula is C14H18O3. The van der Waals surface area contributed by atoms with E-state index in [9.17, 15) is 4.79 Å². The SMILES string of the molecule is COc1ccc(C(=O)[C@H](C)[C@H]2CCCO2)cc1. The predicted octanol–water partition coefficient (Wildman–Crippen LogP) is 2.69. The van der Waals surface area contributed by atoms with Gasteiger partial charge in [0.05, 0.1) is 13.2 Å². The van der Waals surface area contributed by atoms with Gasteiger partial charge in [0, 0.05) is 18.1 Å². The van der Waals surface area contributed by atoms with Gasteiger partial charge in [-0.3, -0.25) is 4.79 Å². The Bertz CT molecular complexity index is 377. The fourth-order valence-electron chi connectivity index (χ4n) is 2.18. The minimum atomic E-state index is -0.0640. The van der Waals surface area contributed by atoms with Gasteiger partial charge < -0.3 is 9.47 Å². The van der Waals surface area contributed by atoms with Crippen molar-refractivity contribution in [3.8, 4) is 5.75 Å². The summed E-state index contributed by atoms with van der Waals surface area (Å²) >= 11 is 0. The standard InChI is InChI=1S/C14H18O3/c1-10(13-4-3-9-17-13)14(15)11-5-7-12(16-2)8-6-11/h5-8,10,13H,3-4,9H2,1-2H3/t10-,13-/m1/s1. The molecule has 0 saturated carbocycles. The summed E-state index contributed by atoms with van der Waals surface area (Å²) in [6, 6.07) is 7.25. The maximum absolute atomic E-state index is 12.2. The Morgan fingerprint density at radius 3 is 2.65 bits per heavy atom. The molecule has 0 bridgehead atoms. The molecule has 1 heterocycles. The van der Waals surface area contributed by atoms with E-state index < -0.39 is 0 Å². The highest BCUT2D eigenvalue weighted by Gasteiger charge is 2.28. The van der Waals surface area contributed by atoms with E-state index >= 15 is 0 Å². The molecule has 0 N–H and O–H groups in total. The lowest BCUT2D eigenvalue weighted by molar-refractivity contribution is 0.0553. The maximum Gasteiger partial charge on any atom is 0.168 e. The van der Waals surface area contributed by atoms with Crippen molar-refractivity contribution in [3.05, 3.63) is 29.8 Å². The topological polar surface area (TPSA) is 35.5 Å². The highest BCUT2D eigenvalue weighted by atomic mass is 16.5. The summed E-state index contributed by atoms with van der Waals surface area (Å²) in [5.41, 5.74) is 0.730. The smallest absolute Gasteiger partial charge is 0.168 e. The van der Waals surface area contributed by atoms with Crippen molar-refractivity contribution in [1.29, 1.82) is 0 Å². The molecular weight excluding hydrogens is 216 g/mol. The summed E-state index contributed by atoms with van der Waals surface area (Å²) in [4.78, 5) is 12.2. The molecule has 1 aliphatic heterocycles. The van der Waals surface area contributed by atoms with Gasteiger partial charge in [0.1, 0.15) is 5.75 Å². The Morgan fingerprint density at radius 1 is 1.41 bits per heavy atom. The van der Waals surface area contributed by atoms with Gasteiger partial charge in [0.2, 0.25) is 0 Å². The third-order valence-corrected chi connectivity index (χ3v) is 3.31. The largest absolute Gasteiger partial charge is 0.497 e. The quantitative estimate of drug-likeness (QED) is 0.751. The van der Waals surface area contributed by atoms with Crippen LogP contribution in [-0.2, 0) is 4.74 Å². The van der Waals surface area contributed by atoms with E-state index in [-0.39, 0.29) is 17.8 Å². The molecule has 2 rings (SSSR count). The van der Waals surface area contributed by atoms with Gasteiger partial charge in [-0.15, -0.1) is 0 Å². The molecule has 1 fully saturated rings. The van der Waals surface area contributed by atoms with Crippen molar-refractivity contribution in [1.82, 2.24) is 0 Å². The number of ether oxygens (including phenoxy) is 2. The van der Waals surface area contributed by atoms with Crippen LogP contribution < -0.4 is 4.74 Å². The van der Waals surface area contributed by atoms with Crippen LogP contribution in [0.25, 0.3) is 0 Å². The number of hydrogen-bond acceptors (Lipinski definition) is 3. The molecule has 2 atom stereocenters. The molecule has 1 aromatic rings. The van der Waals surface area contributed by atoms with Crippen LogP contribution >= 0.6 is 0 Å². The van der Waals surface area contributed by atoms with Gasteiger partial charge in [-0.1, -0.05) is 6.92 Å². The average molecular weight is 234 g/mol. The summed E-state index contributed by atoms with van der Waals surface area (Å²) in [6.07, 6.45) is 2.14. The lowest BCUT2D eigenvalue weighted by Gasteiger charge is -2.17. The van der Waals surface area contributed by atoms with Crippen LogP contribution in [-0.4, -0.2) is 25.6 Å². The fraction of sp³-hybridized carbons (Fsp3) is 0.500. The Morgan fingerprint density at radius 2 is 2.12 bits per heavy atom. The first-order chi connectivity index (χ1) is 8.22. The van der Waals surface area contributed by atoms with Gasteiger partial charge >= 0.3 is 0 Å². The Labute approximate surface area is 102 Å². The van der Waals surface area contributed by atoms with E-state index in [1.54, 1.807) is 7.11 Å². The monoisotopic (exact) mass is 234 g/mol. The van der Waals surface area contributed by atoms with Crippen molar-refractivity contribution in [2.45, 2.75) is 25.9 Å². The molecule has 0 spiro atoms. The van der Waals surface area contributed by atoms with Gasteiger partial charge in [0.25, 0.3) is 0 Å². The highest BCUT2D eigenvalue weighted by molar-refractivity contribution is 5.98. The van der Waals surface area contributed by atoms with Crippen LogP contribution in [0.4, 0.5) is 0 Å². The number of ketones is 1. The van der Waals surface area contributed by atoms with Gasteiger partial charge in [-0.05, 0) is 37.1 Å². The van der Waals surface area contributed by atoms with Crippen LogP contribution in [0.15, 0.2) is 24.3 Å². The first kappa shape index (κ1) is 12.1. The minimum Gasteiger partial charge on any atom is -0.497 e. The summed E-state index contributed by atoms with van der Waals surface area (Å²) < 4.78 is 10.6. The zero-order valence-electron chi connectivity index (χ0n) is 10.3. The number of Topliss-reactive ketones (excluding diaryl/α,β-unsaturated/α-hetero) is 1. The lowest BCUT2D eigenvalue weighted by Crippen LogP contribution is -2.25. The molecule has 1 aliphatic rings. The molecule has 0 aliphatic carbocycles. The third-order valence-electron chi connectivity index (χ3n) is 3.31. The maximum atomic E-state index is 12.2. The van der Waals surface area contributed by atoms with Crippen molar-refractivity contribution in [3.63, 3.8) is 0 Å². The van der Waals surface area contributed by atoms with Crippen molar-refractivity contribution >= 4 is 5.78 Å². The van der Waals surface area contributed by atoms with Gasteiger partial charge in [-0.2, -0.15) is 0 Å². The summed E-state index contributed by atoms with van der Waals surface area (Å²) in [6.45, 7) is 2.73. The normalized spacial score (nSPS) is 21.2. The molecule has 1 saturated heterocycles. The Balaban J connectivity index is 2.07. The third kappa shape index (κ3) is 2.67. The molecule has 3 nitrogen and oxygen atoms in total. The molecule has 0 aromatic heterocycles.